The van der Waals surface area contributed by atoms with E-state index < -0.39 is 0 Å². The highest BCUT2D eigenvalue weighted by Crippen LogP contribution is 2.31. The third-order valence-corrected chi connectivity index (χ3v) is 4.92. The van der Waals surface area contributed by atoms with Gasteiger partial charge in [0.05, 0.1) is 7.11 Å². The molecule has 0 atom stereocenters. The fourth-order valence-corrected chi connectivity index (χ4v) is 3.34. The SMILES string of the molecule is COc1cccc(NC(=O)C2CCC(C(=O)Nc3ccc(F)cc3)CC2)c1. The Labute approximate surface area is 157 Å². The van der Waals surface area contributed by atoms with Crippen LogP contribution in [-0.2, 0) is 9.59 Å². The predicted molar refractivity (Wildman–Crippen MR) is 102 cm³/mol. The maximum absolute atomic E-state index is 12.9. The molecule has 2 aromatic rings. The number of hydrogen-bond acceptors (Lipinski definition) is 3. The summed E-state index contributed by atoms with van der Waals surface area (Å²) in [5.41, 5.74) is 1.29. The molecule has 5 nitrogen and oxygen atoms in total. The van der Waals surface area contributed by atoms with Gasteiger partial charge in [-0.15, -0.1) is 0 Å². The van der Waals surface area contributed by atoms with Crippen molar-refractivity contribution in [1.29, 1.82) is 0 Å². The van der Waals surface area contributed by atoms with Crippen LogP contribution in [0.1, 0.15) is 25.7 Å². The van der Waals surface area contributed by atoms with Crippen molar-refractivity contribution in [1.82, 2.24) is 0 Å². The fraction of sp³-hybridized carbons (Fsp3) is 0.333. The highest BCUT2D eigenvalue weighted by Gasteiger charge is 2.30. The van der Waals surface area contributed by atoms with Gasteiger partial charge < -0.3 is 15.4 Å². The Bertz CT molecular complexity index is 799. The molecule has 0 spiro atoms. The van der Waals surface area contributed by atoms with Crippen molar-refractivity contribution in [2.45, 2.75) is 25.7 Å². The zero-order chi connectivity index (χ0) is 19.2. The Balaban J connectivity index is 1.49. The van der Waals surface area contributed by atoms with E-state index >= 15 is 0 Å². The van der Waals surface area contributed by atoms with Gasteiger partial charge in [0.15, 0.2) is 0 Å². The van der Waals surface area contributed by atoms with Crippen molar-refractivity contribution >= 4 is 23.2 Å². The zero-order valence-corrected chi connectivity index (χ0v) is 15.2. The lowest BCUT2D eigenvalue weighted by atomic mass is 9.81. The van der Waals surface area contributed by atoms with Gasteiger partial charge in [-0.1, -0.05) is 6.07 Å². The van der Waals surface area contributed by atoms with Crippen LogP contribution in [0.3, 0.4) is 0 Å². The van der Waals surface area contributed by atoms with E-state index in [1.54, 1.807) is 25.3 Å². The van der Waals surface area contributed by atoms with Crippen LogP contribution in [0.25, 0.3) is 0 Å². The molecule has 0 saturated heterocycles. The van der Waals surface area contributed by atoms with Crippen LogP contribution in [0.15, 0.2) is 48.5 Å². The normalized spacial score (nSPS) is 19.2. The van der Waals surface area contributed by atoms with Crippen LogP contribution in [0.2, 0.25) is 0 Å². The molecule has 2 N–H and O–H groups in total. The molecule has 2 amide bonds. The van der Waals surface area contributed by atoms with Gasteiger partial charge in [0, 0.05) is 29.3 Å². The Kier molecular flexibility index (Phi) is 6.06. The van der Waals surface area contributed by atoms with Gasteiger partial charge in [-0.25, -0.2) is 4.39 Å². The van der Waals surface area contributed by atoms with Crippen molar-refractivity contribution in [2.75, 3.05) is 17.7 Å². The minimum Gasteiger partial charge on any atom is -0.497 e. The maximum Gasteiger partial charge on any atom is 0.227 e. The second kappa shape index (κ2) is 8.66. The molecular weight excluding hydrogens is 347 g/mol. The number of carbonyl (C=O) groups is 2. The van der Waals surface area contributed by atoms with Gasteiger partial charge in [-0.3, -0.25) is 9.59 Å². The fourth-order valence-electron chi connectivity index (χ4n) is 3.34. The van der Waals surface area contributed by atoms with Crippen molar-refractivity contribution in [3.8, 4) is 5.75 Å². The van der Waals surface area contributed by atoms with E-state index in [0.717, 1.165) is 0 Å². The number of benzene rings is 2. The van der Waals surface area contributed by atoms with Gasteiger partial charge in [-0.05, 0) is 62.1 Å². The predicted octanol–water partition coefficient (Wildman–Crippen LogP) is 4.22. The third-order valence-electron chi connectivity index (χ3n) is 4.92. The number of halogens is 1. The summed E-state index contributed by atoms with van der Waals surface area (Å²) in [7, 11) is 1.58. The first-order valence-electron chi connectivity index (χ1n) is 9.06. The lowest BCUT2D eigenvalue weighted by Gasteiger charge is -2.27. The van der Waals surface area contributed by atoms with E-state index in [-0.39, 0.29) is 29.5 Å². The highest BCUT2D eigenvalue weighted by molar-refractivity contribution is 5.94. The van der Waals surface area contributed by atoms with Crippen LogP contribution in [0.5, 0.6) is 5.75 Å². The van der Waals surface area contributed by atoms with Crippen molar-refractivity contribution in [3.63, 3.8) is 0 Å². The Morgan fingerprint density at radius 3 is 2.00 bits per heavy atom. The molecule has 1 aliphatic rings. The number of nitrogens with one attached hydrogen (secondary N) is 2. The van der Waals surface area contributed by atoms with E-state index in [1.165, 1.54) is 12.1 Å². The number of hydrogen-bond donors (Lipinski definition) is 2. The van der Waals surface area contributed by atoms with Crippen molar-refractivity contribution in [2.24, 2.45) is 11.8 Å². The Morgan fingerprint density at radius 2 is 1.44 bits per heavy atom. The molecule has 0 bridgehead atoms. The second-order valence-corrected chi connectivity index (χ2v) is 6.77. The summed E-state index contributed by atoms with van der Waals surface area (Å²) in [4.78, 5) is 24.8. The summed E-state index contributed by atoms with van der Waals surface area (Å²) in [6.07, 6.45) is 2.64. The molecule has 0 aromatic heterocycles. The van der Waals surface area contributed by atoms with Crippen LogP contribution in [0, 0.1) is 17.7 Å². The van der Waals surface area contributed by atoms with E-state index in [4.69, 9.17) is 4.74 Å². The molecule has 1 fully saturated rings. The summed E-state index contributed by atoms with van der Waals surface area (Å²) < 4.78 is 18.1. The molecule has 1 saturated carbocycles. The number of ether oxygens (including phenoxy) is 1. The molecule has 2 aromatic carbocycles. The van der Waals surface area contributed by atoms with Gasteiger partial charge in [-0.2, -0.15) is 0 Å². The standard InChI is InChI=1S/C21H23FN2O3/c1-27-19-4-2-3-18(13-19)24-21(26)15-7-5-14(6-8-15)20(25)23-17-11-9-16(22)10-12-17/h2-4,9-15H,5-8H2,1H3,(H,23,25)(H,24,26). The quantitative estimate of drug-likeness (QED) is 0.828. The molecule has 0 heterocycles. The van der Waals surface area contributed by atoms with E-state index in [0.29, 0.717) is 42.8 Å². The lowest BCUT2D eigenvalue weighted by Crippen LogP contribution is -2.32. The van der Waals surface area contributed by atoms with E-state index in [2.05, 4.69) is 10.6 Å². The highest BCUT2D eigenvalue weighted by atomic mass is 19.1. The van der Waals surface area contributed by atoms with Gasteiger partial charge >= 0.3 is 0 Å². The summed E-state index contributed by atoms with van der Waals surface area (Å²) in [5, 5.41) is 5.74. The average Bonchev–Trinajstić information content (AvgIpc) is 2.70. The molecule has 0 aliphatic heterocycles. The van der Waals surface area contributed by atoms with Crippen molar-refractivity contribution < 1.29 is 18.7 Å². The second-order valence-electron chi connectivity index (χ2n) is 6.77. The summed E-state index contributed by atoms with van der Waals surface area (Å²) in [6, 6.07) is 13.0. The number of anilines is 2. The molecule has 6 heteroatoms. The topological polar surface area (TPSA) is 67.4 Å². The summed E-state index contributed by atoms with van der Waals surface area (Å²) in [5.74, 6) is 0.0143. The first-order valence-corrected chi connectivity index (χ1v) is 9.06. The summed E-state index contributed by atoms with van der Waals surface area (Å²) in [6.45, 7) is 0. The third kappa shape index (κ3) is 5.06. The molecule has 0 unspecified atom stereocenters. The van der Waals surface area contributed by atoms with Crippen LogP contribution >= 0.6 is 0 Å². The van der Waals surface area contributed by atoms with Gasteiger partial charge in [0.1, 0.15) is 11.6 Å². The molecule has 142 valence electrons. The molecule has 27 heavy (non-hydrogen) atoms. The number of amides is 2. The maximum atomic E-state index is 12.9. The monoisotopic (exact) mass is 370 g/mol. The number of carbonyl (C=O) groups excluding carboxylic acids is 2. The minimum absolute atomic E-state index is 0.0272. The van der Waals surface area contributed by atoms with E-state index in [1.807, 2.05) is 18.2 Å². The number of methoxy groups -OCH3 is 1. The Morgan fingerprint density at radius 1 is 0.889 bits per heavy atom. The largest absolute Gasteiger partial charge is 0.497 e. The first kappa shape index (κ1) is 18.9. The lowest BCUT2D eigenvalue weighted by molar-refractivity contribution is -0.125. The van der Waals surface area contributed by atoms with Crippen LogP contribution in [0.4, 0.5) is 15.8 Å². The molecule has 3 rings (SSSR count). The Hall–Kier alpha value is -2.89. The zero-order valence-electron chi connectivity index (χ0n) is 15.2. The van der Waals surface area contributed by atoms with Crippen molar-refractivity contribution in [3.05, 3.63) is 54.3 Å². The first-order chi connectivity index (χ1) is 13.0. The average molecular weight is 370 g/mol. The van der Waals surface area contributed by atoms with Crippen LogP contribution < -0.4 is 15.4 Å². The van der Waals surface area contributed by atoms with Gasteiger partial charge in [0.25, 0.3) is 0 Å². The molecular formula is C21H23FN2O3. The molecule has 1 aliphatic carbocycles. The molecule has 0 radical (unpaired) electrons. The summed E-state index contributed by atoms with van der Waals surface area (Å²) >= 11 is 0. The minimum atomic E-state index is -0.337. The van der Waals surface area contributed by atoms with Gasteiger partial charge in [0.2, 0.25) is 11.8 Å². The van der Waals surface area contributed by atoms with Crippen LogP contribution in [-0.4, -0.2) is 18.9 Å². The number of rotatable bonds is 5. The van der Waals surface area contributed by atoms with E-state index in [9.17, 15) is 14.0 Å². The smallest absolute Gasteiger partial charge is 0.227 e.